The van der Waals surface area contributed by atoms with Crippen molar-refractivity contribution < 1.29 is 71.7 Å². The number of rotatable bonds is 16. The second-order valence-corrected chi connectivity index (χ2v) is 29.1. The number of nitrogens with one attached hydrogen (secondary N) is 8. The van der Waals surface area contributed by atoms with E-state index in [9.17, 15) is 43.4 Å². The number of aliphatic carboxylic acids is 1. The number of unbranched alkanes of at least 4 members (excludes halogenated alkanes) is 1. The molecule has 9 atom stereocenters. The predicted molar refractivity (Wildman–Crippen MR) is 397 cm³/mol. The number of aromatic amines is 2. The Morgan fingerprint density at radius 3 is 1.94 bits per heavy atom. The van der Waals surface area contributed by atoms with E-state index in [1.807, 2.05) is 54.6 Å². The first kappa shape index (κ1) is 78.1. The van der Waals surface area contributed by atoms with E-state index in [0.717, 1.165) is 16.7 Å². The zero-order valence-corrected chi connectivity index (χ0v) is 59.8. The summed E-state index contributed by atoms with van der Waals surface area (Å²) >= 11 is 2.81. The average Bonchev–Trinajstić information content (AvgIpc) is 1.66. The van der Waals surface area contributed by atoms with Crippen LogP contribution in [0.2, 0.25) is 0 Å². The number of nitrogens with two attached hydrogens (primary N) is 2. The third-order valence-electron chi connectivity index (χ3n) is 19.1. The molecule has 3 aliphatic heterocycles. The molecule has 0 radical (unpaired) electrons. The number of carbonyl (C=O) groups is 11. The molecule has 1 fully saturated rings. The highest BCUT2D eigenvalue weighted by molar-refractivity contribution is 7.98. The number of phenolic OH excluding ortho intramolecular Hbond substituents is 1. The number of benzene rings is 5. The minimum Gasteiger partial charge on any atom is -0.508 e. The number of carbonyl (C=O) groups excluding carboxylic acids is 10. The van der Waals surface area contributed by atoms with Crippen molar-refractivity contribution in [1.82, 2.24) is 46.8 Å². The Labute approximate surface area is 618 Å². The number of H-pyrrole nitrogens is 2. The lowest BCUT2D eigenvalue weighted by molar-refractivity contribution is -0.143. The average molecular weight is 1490 g/mol. The maximum Gasteiger partial charge on any atom is 0.305 e. The number of phenols is 1. The van der Waals surface area contributed by atoms with Crippen LogP contribution in [0.4, 0.5) is 8.78 Å². The molecule has 0 spiro atoms. The van der Waals surface area contributed by atoms with Crippen LogP contribution in [0, 0.1) is 23.5 Å². The quantitative estimate of drug-likeness (QED) is 0.0483. The molecule has 3 aliphatic rings. The molecule has 558 valence electrons. The summed E-state index contributed by atoms with van der Waals surface area (Å²) in [6.45, 7) is -0.345. The van der Waals surface area contributed by atoms with Gasteiger partial charge in [-0.2, -0.15) is 23.5 Å². The summed E-state index contributed by atoms with van der Waals surface area (Å²) in [5.41, 5.74) is 17.0. The maximum absolute atomic E-state index is 15.6. The van der Waals surface area contributed by atoms with Crippen molar-refractivity contribution in [3.05, 3.63) is 184 Å². The second kappa shape index (κ2) is 37.4. The predicted octanol–water partition coefficient (Wildman–Crippen LogP) is 6.14. The van der Waals surface area contributed by atoms with Gasteiger partial charge in [0, 0.05) is 132 Å². The van der Waals surface area contributed by atoms with Crippen molar-refractivity contribution >= 4 is 116 Å². The van der Waals surface area contributed by atoms with Gasteiger partial charge in [0.1, 0.15) is 47.6 Å². The lowest BCUT2D eigenvalue weighted by Crippen LogP contribution is -2.57. The summed E-state index contributed by atoms with van der Waals surface area (Å²) in [6.07, 6.45) is 4.09. The minimum absolute atomic E-state index is 0.0210. The number of hydrogen-bond donors (Lipinski definition) is 12. The summed E-state index contributed by atoms with van der Waals surface area (Å²) in [5.74, 6) is -12.7. The van der Waals surface area contributed by atoms with Gasteiger partial charge in [-0.15, -0.1) is 0 Å². The van der Waals surface area contributed by atoms with Crippen molar-refractivity contribution in [3.8, 4) is 5.75 Å². The number of allylic oxidation sites excluding steroid dienone is 1. The van der Waals surface area contributed by atoms with Gasteiger partial charge in [0.05, 0.1) is 19.0 Å². The Balaban J connectivity index is 0.997. The molecule has 1 saturated heterocycles. The van der Waals surface area contributed by atoms with E-state index in [4.69, 9.17) is 11.5 Å². The molecule has 8 amide bonds. The van der Waals surface area contributed by atoms with Crippen molar-refractivity contribution in [2.75, 3.05) is 31.1 Å². The topological polar surface area (TPSA) is 400 Å². The van der Waals surface area contributed by atoms with Gasteiger partial charge in [-0.3, -0.25) is 57.7 Å². The van der Waals surface area contributed by atoms with Crippen LogP contribution >= 0.6 is 23.5 Å². The van der Waals surface area contributed by atoms with Crippen LogP contribution in [0.15, 0.2) is 144 Å². The lowest BCUT2D eigenvalue weighted by Gasteiger charge is -2.31. The number of Topliss-reactive ketones (excluding diaryl/α,β-unsaturated/α-hetero) is 2. The summed E-state index contributed by atoms with van der Waals surface area (Å²) in [5, 5.41) is 37.8. The SMILES string of the molecule is NCCCC[C@@H]1NC(=O)CCSCc2cccc(c2)CSC[C@@H](C(N)=O)NC(=O)[C@@H]2C[C@H](c3ccccc3)CN2C(=O)[C@H](Cc2ccc(O)cc2)NC(=O)[C@H](CC2=CN=CC2)CC(=O)[C@H](CC(=O)O)NC(=O)[C@H](Cc2c[nH]c3ccc(F)cc23)NC(=O)[C@H](Cc2c[nH]c3ccc(F)cc23)CC(=O)CNC1=O. The summed E-state index contributed by atoms with van der Waals surface area (Å²) < 4.78 is 30.0. The van der Waals surface area contributed by atoms with Crippen LogP contribution in [0.1, 0.15) is 104 Å². The number of aromatic nitrogens is 2. The molecular weight excluding hydrogens is 1400 g/mol. The molecule has 0 saturated carbocycles. The van der Waals surface area contributed by atoms with Gasteiger partial charge in [-0.25, -0.2) is 8.78 Å². The summed E-state index contributed by atoms with van der Waals surface area (Å²) in [6, 6.07) is 21.8. The Morgan fingerprint density at radius 1 is 0.642 bits per heavy atom. The monoisotopic (exact) mass is 1490 g/mol. The molecule has 2 aromatic heterocycles. The minimum atomic E-state index is -1.91. The molecule has 0 aliphatic carbocycles. The Hall–Kier alpha value is -10.5. The number of halogens is 2. The molecule has 7 aromatic rings. The first-order valence-corrected chi connectivity index (χ1v) is 37.5. The Morgan fingerprint density at radius 2 is 1.29 bits per heavy atom. The van der Waals surface area contributed by atoms with E-state index in [1.54, 1.807) is 6.21 Å². The Bertz CT molecular complexity index is 4440. The van der Waals surface area contributed by atoms with Gasteiger partial charge in [-0.1, -0.05) is 66.7 Å². The number of hydrogen-bond acceptors (Lipinski definition) is 16. The molecule has 106 heavy (non-hydrogen) atoms. The van der Waals surface area contributed by atoms with Crippen molar-refractivity contribution in [2.45, 2.75) is 137 Å². The smallest absolute Gasteiger partial charge is 0.305 e. The first-order chi connectivity index (χ1) is 51.0. The van der Waals surface area contributed by atoms with E-state index in [-0.39, 0.29) is 68.6 Å². The molecule has 14 N–H and O–H groups in total. The number of carboxylic acids is 1. The molecule has 29 heteroatoms. The van der Waals surface area contributed by atoms with Gasteiger partial charge in [0.25, 0.3) is 0 Å². The maximum atomic E-state index is 15.6. The number of thioether (sulfide) groups is 2. The normalized spacial score (nSPS) is 22.9. The van der Waals surface area contributed by atoms with Crippen LogP contribution < -0.4 is 43.4 Å². The Kier molecular flexibility index (Phi) is 27.6. The zero-order chi connectivity index (χ0) is 75.4. The lowest BCUT2D eigenvalue weighted by atomic mass is 9.89. The van der Waals surface area contributed by atoms with Crippen molar-refractivity contribution in [2.24, 2.45) is 28.3 Å². The fourth-order valence-electron chi connectivity index (χ4n) is 13.5. The van der Waals surface area contributed by atoms with Crippen molar-refractivity contribution in [1.29, 1.82) is 0 Å². The third-order valence-corrected chi connectivity index (χ3v) is 21.2. The van der Waals surface area contributed by atoms with Crippen LogP contribution in [-0.2, 0) is 83.5 Å². The number of primary amides is 1. The fraction of sp³-hybridized carbons (Fsp3) is 0.377. The second-order valence-electron chi connectivity index (χ2n) is 27.0. The number of amides is 8. The van der Waals surface area contributed by atoms with Gasteiger partial charge in [0.2, 0.25) is 47.3 Å². The number of carboxylic acid groups (broad SMARTS) is 1. The van der Waals surface area contributed by atoms with Crippen LogP contribution in [0.3, 0.4) is 0 Å². The van der Waals surface area contributed by atoms with Gasteiger partial charge in [-0.05, 0) is 133 Å². The number of fused-ring (bicyclic) bond motifs is 5. The molecule has 10 rings (SSSR count). The van der Waals surface area contributed by atoms with E-state index in [2.05, 4.69) is 46.9 Å². The highest BCUT2D eigenvalue weighted by Crippen LogP contribution is 2.34. The molecule has 5 heterocycles. The fourth-order valence-corrected chi connectivity index (χ4v) is 15.4. The summed E-state index contributed by atoms with van der Waals surface area (Å²) in [4.78, 5) is 171. The third kappa shape index (κ3) is 21.8. The molecular formula is C77H86F2N12O13S2. The molecule has 0 unspecified atom stereocenters. The van der Waals surface area contributed by atoms with Crippen LogP contribution in [-0.4, -0.2) is 163 Å². The van der Waals surface area contributed by atoms with Gasteiger partial charge in [0.15, 0.2) is 11.6 Å². The van der Waals surface area contributed by atoms with Gasteiger partial charge >= 0.3 is 5.97 Å². The molecule has 25 nitrogen and oxygen atoms in total. The number of aromatic hydroxyl groups is 1. The first-order valence-electron chi connectivity index (χ1n) is 35.2. The highest BCUT2D eigenvalue weighted by atomic mass is 32.2. The van der Waals surface area contributed by atoms with Crippen LogP contribution in [0.25, 0.3) is 21.8 Å². The van der Waals surface area contributed by atoms with E-state index >= 15 is 28.4 Å². The summed E-state index contributed by atoms with van der Waals surface area (Å²) in [7, 11) is 0. The number of aliphatic imine (C=N–C) groups is 1. The number of ketones is 2. The van der Waals surface area contributed by atoms with E-state index in [1.165, 1.54) is 108 Å². The molecule has 2 bridgehead atoms. The van der Waals surface area contributed by atoms with Crippen LogP contribution in [0.5, 0.6) is 5.75 Å². The van der Waals surface area contributed by atoms with E-state index < -0.39 is 163 Å². The van der Waals surface area contributed by atoms with E-state index in [0.29, 0.717) is 75.2 Å². The highest BCUT2D eigenvalue weighted by Gasteiger charge is 2.44. The largest absolute Gasteiger partial charge is 0.508 e. The zero-order valence-electron chi connectivity index (χ0n) is 58.1. The standard InChI is InChI=1S/C77H86F2N12O13S2/c78-54-14-18-60-58(33-54)51(37-83-60)28-50-29-57(93)39-85-74(101)62(11-4-5-22-80)86-69(95)21-24-105-41-46-7-6-8-47(25-46)42-106-43-66(71(81)98)90-76(103)67-31-53(48-9-2-1-3-10-48)40-91(67)77(104)65(27-44-12-16-56(92)17-13-44)89-72(99)49(26-45-20-23-82-36-45)32-68(94)63(35-70(96)97)87-75(102)64(88-73(50)100)30-52-38-84-61-19-15-55(79)34-59(52)61/h1-3,6-10,12-19,23,25,33-34,36-38,49-50,53,62-67,83-84,92H,4-5,11,20-22,24,26-32,35,39-43,80H2,(H2,81,98)(H,85,101)(H,86,95)(H,87,102)(H,88,100)(H,89,99)(H,90,103)(H,96,97)/t49-,50-,53+,62+,63+,64+,65+,66+,67+/m1/s1. The van der Waals surface area contributed by atoms with Gasteiger partial charge < -0.3 is 68.4 Å². The number of nitrogens with zero attached hydrogens (tertiary/aromatic N) is 2. The van der Waals surface area contributed by atoms with Crippen molar-refractivity contribution in [3.63, 3.8) is 0 Å². The molecule has 5 aromatic carbocycles.